The largest absolute Gasteiger partial charge is 0.212 e. The minimum absolute atomic E-state index is 0.00217. The molecular formula is C12H19F. The molecule has 1 rings (SSSR count). The Bertz CT molecular complexity index is 232. The van der Waals surface area contributed by atoms with Crippen LogP contribution in [-0.2, 0) is 0 Å². The first-order chi connectivity index (χ1) is 6.24. The summed E-state index contributed by atoms with van der Waals surface area (Å²) in [5.41, 5.74) is 2.52. The van der Waals surface area contributed by atoms with Gasteiger partial charge in [-0.1, -0.05) is 31.6 Å². The van der Waals surface area contributed by atoms with Crippen LogP contribution >= 0.6 is 0 Å². The monoisotopic (exact) mass is 182 g/mol. The van der Waals surface area contributed by atoms with Crippen LogP contribution in [-0.4, -0.2) is 0 Å². The summed E-state index contributed by atoms with van der Waals surface area (Å²) >= 11 is 0. The van der Waals surface area contributed by atoms with Crippen molar-refractivity contribution in [2.45, 2.75) is 40.5 Å². The minimum atomic E-state index is -0.00217. The Labute approximate surface area is 80.9 Å². The quantitative estimate of drug-likeness (QED) is 0.558. The van der Waals surface area contributed by atoms with Gasteiger partial charge in [-0.2, -0.15) is 0 Å². The van der Waals surface area contributed by atoms with Gasteiger partial charge in [-0.15, -0.1) is 0 Å². The fourth-order valence-corrected chi connectivity index (χ4v) is 1.13. The van der Waals surface area contributed by atoms with E-state index in [1.807, 2.05) is 26.8 Å². The van der Waals surface area contributed by atoms with Crippen LogP contribution in [0.4, 0.5) is 4.39 Å². The van der Waals surface area contributed by atoms with Crippen LogP contribution < -0.4 is 0 Å². The molecule has 0 aromatic rings. The summed E-state index contributed by atoms with van der Waals surface area (Å²) in [6, 6.07) is 0. The topological polar surface area (TPSA) is 0 Å². The van der Waals surface area contributed by atoms with Gasteiger partial charge in [-0.25, -0.2) is 4.39 Å². The fourth-order valence-electron chi connectivity index (χ4n) is 1.13. The second kappa shape index (κ2) is 6.64. The smallest absolute Gasteiger partial charge is 0.100 e. The first-order valence-electron chi connectivity index (χ1n) is 4.92. The van der Waals surface area contributed by atoms with E-state index >= 15 is 0 Å². The highest BCUT2D eigenvalue weighted by Crippen LogP contribution is 2.23. The second-order valence-electron chi connectivity index (χ2n) is 2.78. The molecule has 0 saturated carbocycles. The minimum Gasteiger partial charge on any atom is -0.212 e. The molecule has 0 amide bonds. The fraction of sp³-hybridized carbons (Fsp3) is 0.500. The molecule has 0 bridgehead atoms. The molecule has 0 aromatic heterocycles. The molecule has 0 nitrogen and oxygen atoms in total. The summed E-state index contributed by atoms with van der Waals surface area (Å²) in [5.74, 6) is -0.00217. The van der Waals surface area contributed by atoms with Crippen molar-refractivity contribution in [1.29, 1.82) is 0 Å². The third-order valence-electron chi connectivity index (χ3n) is 2.04. The standard InChI is InChI=1S/C10H13F.C2H6/c1-3-8(2)9-4-6-10(11)7-5-9;1-2/h3-4,6H,5,7H2,1-2H3;1-2H3/b8-3+;. The zero-order chi connectivity index (χ0) is 10.3. The molecule has 1 aliphatic carbocycles. The van der Waals surface area contributed by atoms with Crippen molar-refractivity contribution in [2.75, 3.05) is 0 Å². The van der Waals surface area contributed by atoms with Crippen molar-refractivity contribution in [2.24, 2.45) is 0 Å². The van der Waals surface area contributed by atoms with E-state index < -0.39 is 0 Å². The van der Waals surface area contributed by atoms with E-state index in [4.69, 9.17) is 0 Å². The predicted molar refractivity (Wildman–Crippen MR) is 57.3 cm³/mol. The lowest BCUT2D eigenvalue weighted by atomic mass is 9.98. The first kappa shape index (κ1) is 12.2. The Hall–Kier alpha value is -0.850. The summed E-state index contributed by atoms with van der Waals surface area (Å²) in [4.78, 5) is 0. The van der Waals surface area contributed by atoms with Gasteiger partial charge in [0.15, 0.2) is 0 Å². The van der Waals surface area contributed by atoms with Crippen molar-refractivity contribution < 1.29 is 4.39 Å². The molecule has 0 fully saturated rings. The lowest BCUT2D eigenvalue weighted by molar-refractivity contribution is 0.583. The highest BCUT2D eigenvalue weighted by molar-refractivity contribution is 5.35. The van der Waals surface area contributed by atoms with Crippen LogP contribution in [0.25, 0.3) is 0 Å². The summed E-state index contributed by atoms with van der Waals surface area (Å²) < 4.78 is 12.5. The Balaban J connectivity index is 0.000000671. The van der Waals surface area contributed by atoms with Crippen molar-refractivity contribution in [3.8, 4) is 0 Å². The van der Waals surface area contributed by atoms with Gasteiger partial charge in [0.2, 0.25) is 0 Å². The van der Waals surface area contributed by atoms with E-state index in [2.05, 4.69) is 13.0 Å². The molecule has 0 unspecified atom stereocenters. The number of rotatable bonds is 1. The van der Waals surface area contributed by atoms with Crippen LogP contribution in [0.5, 0.6) is 0 Å². The van der Waals surface area contributed by atoms with E-state index in [0.717, 1.165) is 6.42 Å². The van der Waals surface area contributed by atoms with Crippen LogP contribution in [0.1, 0.15) is 40.5 Å². The van der Waals surface area contributed by atoms with Gasteiger partial charge in [0.05, 0.1) is 0 Å². The third kappa shape index (κ3) is 4.07. The average molecular weight is 182 g/mol. The molecule has 1 aliphatic rings. The summed E-state index contributed by atoms with van der Waals surface area (Å²) in [6.07, 6.45) is 6.90. The SMILES string of the molecule is C/C=C(\C)C1=CC=C(F)CC1.CC. The summed E-state index contributed by atoms with van der Waals surface area (Å²) in [5, 5.41) is 0. The molecule has 0 heterocycles. The Morgan fingerprint density at radius 3 is 2.31 bits per heavy atom. The van der Waals surface area contributed by atoms with Crippen LogP contribution in [0, 0.1) is 0 Å². The van der Waals surface area contributed by atoms with Crippen molar-refractivity contribution in [3.05, 3.63) is 35.2 Å². The lowest BCUT2D eigenvalue weighted by Crippen LogP contribution is -1.91. The number of hydrogen-bond donors (Lipinski definition) is 0. The third-order valence-corrected chi connectivity index (χ3v) is 2.04. The molecule has 0 spiro atoms. The Kier molecular flexibility index (Phi) is 6.21. The van der Waals surface area contributed by atoms with E-state index in [1.165, 1.54) is 11.1 Å². The van der Waals surface area contributed by atoms with Gasteiger partial charge >= 0.3 is 0 Å². The van der Waals surface area contributed by atoms with E-state index in [-0.39, 0.29) is 5.83 Å². The zero-order valence-corrected chi connectivity index (χ0v) is 9.02. The highest BCUT2D eigenvalue weighted by Gasteiger charge is 2.05. The Morgan fingerprint density at radius 2 is 1.92 bits per heavy atom. The van der Waals surface area contributed by atoms with Crippen molar-refractivity contribution in [3.63, 3.8) is 0 Å². The maximum absolute atomic E-state index is 12.5. The summed E-state index contributed by atoms with van der Waals surface area (Å²) in [7, 11) is 0. The number of allylic oxidation sites excluding steroid dienone is 6. The van der Waals surface area contributed by atoms with Crippen molar-refractivity contribution >= 4 is 0 Å². The lowest BCUT2D eigenvalue weighted by Gasteiger charge is -2.09. The van der Waals surface area contributed by atoms with Gasteiger partial charge in [0.25, 0.3) is 0 Å². The average Bonchev–Trinajstić information content (AvgIpc) is 2.21. The summed E-state index contributed by atoms with van der Waals surface area (Å²) in [6.45, 7) is 8.06. The molecule has 0 aliphatic heterocycles. The first-order valence-corrected chi connectivity index (χ1v) is 4.92. The Morgan fingerprint density at radius 1 is 1.31 bits per heavy atom. The second-order valence-corrected chi connectivity index (χ2v) is 2.78. The van der Waals surface area contributed by atoms with Crippen LogP contribution in [0.3, 0.4) is 0 Å². The van der Waals surface area contributed by atoms with Crippen LogP contribution in [0.15, 0.2) is 35.2 Å². The molecule has 0 radical (unpaired) electrons. The number of hydrogen-bond acceptors (Lipinski definition) is 0. The van der Waals surface area contributed by atoms with E-state index in [1.54, 1.807) is 6.08 Å². The van der Waals surface area contributed by atoms with E-state index in [9.17, 15) is 4.39 Å². The molecular weight excluding hydrogens is 163 g/mol. The molecule has 0 atom stereocenters. The van der Waals surface area contributed by atoms with Gasteiger partial charge in [0.1, 0.15) is 5.83 Å². The van der Waals surface area contributed by atoms with Gasteiger partial charge in [0, 0.05) is 6.42 Å². The molecule has 13 heavy (non-hydrogen) atoms. The number of halogens is 1. The normalized spacial score (nSPS) is 16.8. The highest BCUT2D eigenvalue weighted by atomic mass is 19.1. The van der Waals surface area contributed by atoms with Crippen molar-refractivity contribution in [1.82, 2.24) is 0 Å². The molecule has 74 valence electrons. The van der Waals surface area contributed by atoms with E-state index in [0.29, 0.717) is 6.42 Å². The van der Waals surface area contributed by atoms with Gasteiger partial charge < -0.3 is 0 Å². The molecule has 0 N–H and O–H groups in total. The predicted octanol–water partition coefficient (Wildman–Crippen LogP) is 4.55. The zero-order valence-electron chi connectivity index (χ0n) is 9.02. The van der Waals surface area contributed by atoms with Gasteiger partial charge in [-0.05, 0) is 31.9 Å². The maximum atomic E-state index is 12.5. The molecule has 0 saturated heterocycles. The van der Waals surface area contributed by atoms with Gasteiger partial charge in [-0.3, -0.25) is 0 Å². The van der Waals surface area contributed by atoms with Crippen LogP contribution in [0.2, 0.25) is 0 Å². The molecule has 1 heteroatoms. The molecule has 0 aromatic carbocycles. The maximum Gasteiger partial charge on any atom is 0.100 e.